The molecule has 144 valence electrons. The quantitative estimate of drug-likeness (QED) is 0.793. The molecular formula is C20H25N3O4. The van der Waals surface area contributed by atoms with Gasteiger partial charge in [0, 0.05) is 12.6 Å². The Morgan fingerprint density at radius 2 is 2.00 bits per heavy atom. The number of benzene rings is 1. The zero-order valence-electron chi connectivity index (χ0n) is 15.5. The summed E-state index contributed by atoms with van der Waals surface area (Å²) in [6.45, 7) is 2.42. The number of hydrogen-bond donors (Lipinski definition) is 2. The van der Waals surface area contributed by atoms with Crippen molar-refractivity contribution in [3.8, 4) is 0 Å². The zero-order valence-corrected chi connectivity index (χ0v) is 15.5. The van der Waals surface area contributed by atoms with E-state index in [1.165, 1.54) is 0 Å². The van der Waals surface area contributed by atoms with Gasteiger partial charge in [0.1, 0.15) is 6.04 Å². The van der Waals surface area contributed by atoms with E-state index in [-0.39, 0.29) is 23.9 Å². The van der Waals surface area contributed by atoms with Crippen LogP contribution in [-0.4, -0.2) is 42.5 Å². The summed E-state index contributed by atoms with van der Waals surface area (Å²) < 4.78 is 5.34. The third-order valence-electron chi connectivity index (χ3n) is 5.71. The number of fused-ring (bicyclic) bond motifs is 3. The molecule has 7 nitrogen and oxygen atoms in total. The number of carbonyl (C=O) groups excluding carboxylic acids is 3. The standard InChI is InChI=1S/C20H25N3O4/c1-12(18(24)21-14-5-2-3-6-14)27-20(26)13-8-9-16-15(11-13)22-19(25)17-7-4-10-23(16)17/h8-9,11-12,14,17H,2-7,10H2,1H3,(H,21,24)(H,22,25)/t12-,17+/m1/s1. The molecule has 2 aliphatic heterocycles. The smallest absolute Gasteiger partial charge is 0.338 e. The summed E-state index contributed by atoms with van der Waals surface area (Å²) in [5.41, 5.74) is 1.88. The fraction of sp³-hybridized carbons (Fsp3) is 0.550. The van der Waals surface area contributed by atoms with Crippen molar-refractivity contribution in [1.29, 1.82) is 0 Å². The molecule has 0 bridgehead atoms. The van der Waals surface area contributed by atoms with E-state index in [2.05, 4.69) is 15.5 Å². The molecule has 1 saturated heterocycles. The molecule has 1 saturated carbocycles. The first-order valence-electron chi connectivity index (χ1n) is 9.76. The van der Waals surface area contributed by atoms with E-state index >= 15 is 0 Å². The summed E-state index contributed by atoms with van der Waals surface area (Å²) in [5.74, 6) is -0.860. The molecule has 0 radical (unpaired) electrons. The number of nitrogens with zero attached hydrogens (tertiary/aromatic N) is 1. The Balaban J connectivity index is 1.42. The second-order valence-electron chi connectivity index (χ2n) is 7.61. The summed E-state index contributed by atoms with van der Waals surface area (Å²) in [7, 11) is 0. The van der Waals surface area contributed by atoms with Gasteiger partial charge in [-0.3, -0.25) is 9.59 Å². The summed E-state index contributed by atoms with van der Waals surface area (Å²) in [6.07, 6.45) is 5.18. The number of nitrogens with one attached hydrogen (secondary N) is 2. The Bertz CT molecular complexity index is 772. The minimum Gasteiger partial charge on any atom is -0.449 e. The van der Waals surface area contributed by atoms with Crippen LogP contribution >= 0.6 is 0 Å². The maximum atomic E-state index is 12.5. The Labute approximate surface area is 158 Å². The van der Waals surface area contributed by atoms with Gasteiger partial charge in [0.2, 0.25) is 5.91 Å². The van der Waals surface area contributed by atoms with Gasteiger partial charge in [0.15, 0.2) is 6.10 Å². The number of ether oxygens (including phenoxy) is 1. The van der Waals surface area contributed by atoms with Crippen molar-refractivity contribution in [2.45, 2.75) is 63.6 Å². The van der Waals surface area contributed by atoms with Gasteiger partial charge in [-0.25, -0.2) is 4.79 Å². The average molecular weight is 371 g/mol. The van der Waals surface area contributed by atoms with E-state index in [1.807, 2.05) is 6.07 Å². The van der Waals surface area contributed by atoms with Crippen LogP contribution in [-0.2, 0) is 14.3 Å². The highest BCUT2D eigenvalue weighted by Gasteiger charge is 2.36. The molecule has 2 heterocycles. The number of hydrogen-bond acceptors (Lipinski definition) is 5. The topological polar surface area (TPSA) is 87.7 Å². The molecule has 2 atom stereocenters. The highest BCUT2D eigenvalue weighted by atomic mass is 16.5. The van der Waals surface area contributed by atoms with Crippen LogP contribution in [0, 0.1) is 0 Å². The summed E-state index contributed by atoms with van der Waals surface area (Å²) >= 11 is 0. The van der Waals surface area contributed by atoms with Crippen molar-refractivity contribution in [1.82, 2.24) is 5.32 Å². The molecule has 3 aliphatic rings. The van der Waals surface area contributed by atoms with E-state index in [0.717, 1.165) is 50.8 Å². The fourth-order valence-electron chi connectivity index (χ4n) is 4.23. The molecule has 1 aromatic carbocycles. The third-order valence-corrected chi connectivity index (χ3v) is 5.71. The number of carbonyl (C=O) groups is 3. The van der Waals surface area contributed by atoms with Crippen LogP contribution in [0.1, 0.15) is 55.8 Å². The number of anilines is 2. The molecule has 4 rings (SSSR count). The predicted molar refractivity (Wildman–Crippen MR) is 101 cm³/mol. The Kier molecular flexibility index (Phi) is 4.76. The van der Waals surface area contributed by atoms with Crippen molar-refractivity contribution in [3.05, 3.63) is 23.8 Å². The molecule has 0 aromatic heterocycles. The van der Waals surface area contributed by atoms with E-state index in [4.69, 9.17) is 4.74 Å². The first-order chi connectivity index (χ1) is 13.0. The third kappa shape index (κ3) is 3.50. The highest BCUT2D eigenvalue weighted by Crippen LogP contribution is 2.37. The van der Waals surface area contributed by atoms with Crippen molar-refractivity contribution < 1.29 is 19.1 Å². The molecule has 27 heavy (non-hydrogen) atoms. The monoisotopic (exact) mass is 371 g/mol. The Morgan fingerprint density at radius 3 is 2.78 bits per heavy atom. The molecule has 1 aromatic rings. The summed E-state index contributed by atoms with van der Waals surface area (Å²) in [6, 6.07) is 5.23. The molecular weight excluding hydrogens is 346 g/mol. The van der Waals surface area contributed by atoms with Crippen LogP contribution in [0.5, 0.6) is 0 Å². The van der Waals surface area contributed by atoms with E-state index < -0.39 is 12.1 Å². The number of amides is 2. The molecule has 2 N–H and O–H groups in total. The van der Waals surface area contributed by atoms with Gasteiger partial charge in [0.05, 0.1) is 16.9 Å². The maximum Gasteiger partial charge on any atom is 0.338 e. The normalized spacial score (nSPS) is 22.6. The minimum atomic E-state index is -0.855. The van der Waals surface area contributed by atoms with Crippen LogP contribution in [0.3, 0.4) is 0 Å². The lowest BCUT2D eigenvalue weighted by atomic mass is 10.1. The van der Waals surface area contributed by atoms with Crippen LogP contribution in [0.4, 0.5) is 11.4 Å². The van der Waals surface area contributed by atoms with Crippen LogP contribution in [0.2, 0.25) is 0 Å². The SMILES string of the molecule is C[C@@H](OC(=O)c1ccc2c(c1)NC(=O)[C@@H]1CCCN21)C(=O)NC1CCCC1. The molecule has 7 heteroatoms. The van der Waals surface area contributed by atoms with Crippen LogP contribution < -0.4 is 15.5 Å². The maximum absolute atomic E-state index is 12.5. The van der Waals surface area contributed by atoms with E-state index in [0.29, 0.717) is 11.3 Å². The van der Waals surface area contributed by atoms with Crippen LogP contribution in [0.25, 0.3) is 0 Å². The van der Waals surface area contributed by atoms with Crippen molar-refractivity contribution in [2.75, 3.05) is 16.8 Å². The lowest BCUT2D eigenvalue weighted by molar-refractivity contribution is -0.129. The van der Waals surface area contributed by atoms with Gasteiger partial charge < -0.3 is 20.3 Å². The fourth-order valence-corrected chi connectivity index (χ4v) is 4.23. The van der Waals surface area contributed by atoms with Crippen molar-refractivity contribution in [3.63, 3.8) is 0 Å². The lowest BCUT2D eigenvalue weighted by Crippen LogP contribution is -2.44. The van der Waals surface area contributed by atoms with Crippen molar-refractivity contribution >= 4 is 29.2 Å². The van der Waals surface area contributed by atoms with Crippen LogP contribution in [0.15, 0.2) is 18.2 Å². The van der Waals surface area contributed by atoms with Gasteiger partial charge >= 0.3 is 5.97 Å². The van der Waals surface area contributed by atoms with Gasteiger partial charge in [-0.1, -0.05) is 12.8 Å². The predicted octanol–water partition coefficient (Wildman–Crippen LogP) is 2.21. The van der Waals surface area contributed by atoms with Gasteiger partial charge in [-0.2, -0.15) is 0 Å². The first kappa shape index (κ1) is 17.8. The Morgan fingerprint density at radius 1 is 1.22 bits per heavy atom. The summed E-state index contributed by atoms with van der Waals surface area (Å²) in [5, 5.41) is 5.82. The molecule has 0 unspecified atom stereocenters. The first-order valence-corrected chi connectivity index (χ1v) is 9.76. The van der Waals surface area contributed by atoms with Crippen molar-refractivity contribution in [2.24, 2.45) is 0 Å². The Hall–Kier alpha value is -2.57. The van der Waals surface area contributed by atoms with Gasteiger partial charge in [-0.05, 0) is 50.8 Å². The van der Waals surface area contributed by atoms with Gasteiger partial charge in [0.25, 0.3) is 5.91 Å². The van der Waals surface area contributed by atoms with E-state index in [9.17, 15) is 14.4 Å². The summed E-state index contributed by atoms with van der Waals surface area (Å²) in [4.78, 5) is 39.0. The number of esters is 1. The average Bonchev–Trinajstić information content (AvgIpc) is 3.33. The molecule has 0 spiro atoms. The second-order valence-corrected chi connectivity index (χ2v) is 7.61. The molecule has 1 aliphatic carbocycles. The molecule has 2 fully saturated rings. The lowest BCUT2D eigenvalue weighted by Gasteiger charge is -2.33. The largest absolute Gasteiger partial charge is 0.449 e. The zero-order chi connectivity index (χ0) is 19.0. The number of rotatable bonds is 4. The highest BCUT2D eigenvalue weighted by molar-refractivity contribution is 6.05. The minimum absolute atomic E-state index is 0.0326. The van der Waals surface area contributed by atoms with Gasteiger partial charge in [-0.15, -0.1) is 0 Å². The van der Waals surface area contributed by atoms with E-state index in [1.54, 1.807) is 19.1 Å². The second kappa shape index (κ2) is 7.21. The molecule has 2 amide bonds.